The van der Waals surface area contributed by atoms with E-state index in [-0.39, 0.29) is 18.2 Å². The van der Waals surface area contributed by atoms with Crippen LogP contribution in [0.5, 0.6) is 0 Å². The number of nitrogens with one attached hydrogen (secondary N) is 1. The molecule has 0 aliphatic carbocycles. The quantitative estimate of drug-likeness (QED) is 0.751. The zero-order valence-electron chi connectivity index (χ0n) is 13.9. The molecule has 0 bridgehead atoms. The third kappa shape index (κ3) is 3.08. The molecule has 4 rings (SSSR count). The number of H-pyrrole nitrogens is 1. The topological polar surface area (TPSA) is 87.0 Å². The molecule has 2 N–H and O–H groups in total. The van der Waals surface area contributed by atoms with E-state index in [2.05, 4.69) is 20.0 Å². The van der Waals surface area contributed by atoms with Gasteiger partial charge in [0.2, 0.25) is 0 Å². The van der Waals surface area contributed by atoms with E-state index in [4.69, 9.17) is 0 Å². The molecule has 1 saturated heterocycles. The molecule has 25 heavy (non-hydrogen) atoms. The van der Waals surface area contributed by atoms with Crippen molar-refractivity contribution in [2.75, 3.05) is 13.2 Å². The number of rotatable bonds is 4. The van der Waals surface area contributed by atoms with E-state index in [1.165, 1.54) is 0 Å². The first-order valence-corrected chi connectivity index (χ1v) is 8.63. The van der Waals surface area contributed by atoms with Crippen LogP contribution in [-0.4, -0.2) is 48.9 Å². The molecular formula is C18H21N5O2. The minimum Gasteiger partial charge on any atom is -0.395 e. The molecule has 1 aliphatic heterocycles. The molecule has 2 aromatic heterocycles. The Morgan fingerprint density at radius 1 is 1.24 bits per heavy atom. The van der Waals surface area contributed by atoms with Crippen molar-refractivity contribution in [1.29, 1.82) is 0 Å². The van der Waals surface area contributed by atoms with Crippen LogP contribution in [-0.2, 0) is 6.54 Å². The van der Waals surface area contributed by atoms with Crippen LogP contribution < -0.4 is 5.56 Å². The van der Waals surface area contributed by atoms with Crippen molar-refractivity contribution in [2.45, 2.75) is 31.8 Å². The standard InChI is InChI=1S/C18H21N5O2/c24-12-14-8-4-5-9-22(14)11-16-20-17-15(18(25)21-16)10-19-23(17)13-6-2-1-3-7-13/h1-3,6-7,10,14,24H,4-5,8-9,11-12H2,(H,20,21,25). The van der Waals surface area contributed by atoms with E-state index in [1.807, 2.05) is 30.3 Å². The Labute approximate surface area is 144 Å². The normalized spacial score (nSPS) is 18.7. The Kier molecular flexibility index (Phi) is 4.33. The van der Waals surface area contributed by atoms with Gasteiger partial charge in [-0.2, -0.15) is 5.10 Å². The zero-order chi connectivity index (χ0) is 17.2. The SMILES string of the molecule is O=c1[nH]c(CN2CCCCC2CO)nc2c1cnn2-c1ccccc1. The smallest absolute Gasteiger partial charge is 0.262 e. The van der Waals surface area contributed by atoms with Gasteiger partial charge in [0, 0.05) is 6.04 Å². The number of fused-ring (bicyclic) bond motifs is 1. The van der Waals surface area contributed by atoms with Gasteiger partial charge in [0.1, 0.15) is 11.2 Å². The highest BCUT2D eigenvalue weighted by Crippen LogP contribution is 2.19. The number of benzene rings is 1. The van der Waals surface area contributed by atoms with Gasteiger partial charge in [0.25, 0.3) is 5.56 Å². The van der Waals surface area contributed by atoms with Crippen LogP contribution in [0.3, 0.4) is 0 Å². The van der Waals surface area contributed by atoms with E-state index < -0.39 is 0 Å². The predicted octanol–water partition coefficient (Wildman–Crippen LogP) is 1.46. The number of aromatic nitrogens is 4. The van der Waals surface area contributed by atoms with Crippen LogP contribution in [0.25, 0.3) is 16.7 Å². The average molecular weight is 339 g/mol. The van der Waals surface area contributed by atoms with Gasteiger partial charge in [0.05, 0.1) is 25.0 Å². The lowest BCUT2D eigenvalue weighted by Gasteiger charge is -2.33. The second kappa shape index (κ2) is 6.78. The summed E-state index contributed by atoms with van der Waals surface area (Å²) in [4.78, 5) is 22.1. The molecule has 1 unspecified atom stereocenters. The van der Waals surface area contributed by atoms with E-state index >= 15 is 0 Å². The van der Waals surface area contributed by atoms with Gasteiger partial charge < -0.3 is 10.1 Å². The molecule has 130 valence electrons. The fourth-order valence-corrected chi connectivity index (χ4v) is 3.46. The van der Waals surface area contributed by atoms with Gasteiger partial charge in [0.15, 0.2) is 5.65 Å². The highest BCUT2D eigenvalue weighted by Gasteiger charge is 2.23. The molecule has 1 fully saturated rings. The molecule has 7 heteroatoms. The molecule has 1 aliphatic rings. The first-order chi connectivity index (χ1) is 12.3. The number of piperidine rings is 1. The summed E-state index contributed by atoms with van der Waals surface area (Å²) in [6, 6.07) is 9.79. The number of aliphatic hydroxyl groups excluding tert-OH is 1. The molecule has 3 aromatic rings. The number of aliphatic hydroxyl groups is 1. The van der Waals surface area contributed by atoms with Crippen LogP contribution in [0, 0.1) is 0 Å². The second-order valence-corrected chi connectivity index (χ2v) is 6.44. The van der Waals surface area contributed by atoms with E-state index in [1.54, 1.807) is 10.9 Å². The first kappa shape index (κ1) is 16.0. The fraction of sp³-hybridized carbons (Fsp3) is 0.389. The minimum atomic E-state index is -0.181. The van der Waals surface area contributed by atoms with Gasteiger partial charge in [-0.05, 0) is 31.5 Å². The molecule has 1 aromatic carbocycles. The molecule has 1 atom stereocenters. The summed E-state index contributed by atoms with van der Waals surface area (Å²) in [5.41, 5.74) is 1.25. The summed E-state index contributed by atoms with van der Waals surface area (Å²) in [7, 11) is 0. The van der Waals surface area contributed by atoms with Crippen molar-refractivity contribution in [3.8, 4) is 5.69 Å². The van der Waals surface area contributed by atoms with Crippen LogP contribution in [0.4, 0.5) is 0 Å². The number of hydrogen-bond acceptors (Lipinski definition) is 5. The van der Waals surface area contributed by atoms with Gasteiger partial charge >= 0.3 is 0 Å². The number of likely N-dealkylation sites (tertiary alicyclic amines) is 1. The van der Waals surface area contributed by atoms with Crippen LogP contribution in [0.1, 0.15) is 25.1 Å². The highest BCUT2D eigenvalue weighted by molar-refractivity contribution is 5.75. The Hall–Kier alpha value is -2.51. The lowest BCUT2D eigenvalue weighted by molar-refractivity contribution is 0.0819. The Morgan fingerprint density at radius 2 is 2.08 bits per heavy atom. The first-order valence-electron chi connectivity index (χ1n) is 8.63. The second-order valence-electron chi connectivity index (χ2n) is 6.44. The molecule has 0 radical (unpaired) electrons. The molecule has 0 saturated carbocycles. The average Bonchev–Trinajstić information content (AvgIpc) is 3.07. The van der Waals surface area contributed by atoms with Crippen molar-refractivity contribution in [3.05, 3.63) is 52.7 Å². The Balaban J connectivity index is 1.72. The largest absolute Gasteiger partial charge is 0.395 e. The third-order valence-electron chi connectivity index (χ3n) is 4.80. The maximum absolute atomic E-state index is 12.4. The van der Waals surface area contributed by atoms with Crippen LogP contribution in [0.2, 0.25) is 0 Å². The number of hydrogen-bond donors (Lipinski definition) is 2. The monoisotopic (exact) mass is 339 g/mol. The summed E-state index contributed by atoms with van der Waals surface area (Å²) in [6.45, 7) is 1.57. The van der Waals surface area contributed by atoms with Crippen molar-refractivity contribution in [1.82, 2.24) is 24.6 Å². The molecular weight excluding hydrogens is 318 g/mol. The Morgan fingerprint density at radius 3 is 2.88 bits per heavy atom. The van der Waals surface area contributed by atoms with Gasteiger partial charge in [-0.3, -0.25) is 9.69 Å². The van der Waals surface area contributed by atoms with Crippen LogP contribution >= 0.6 is 0 Å². The molecule has 7 nitrogen and oxygen atoms in total. The van der Waals surface area contributed by atoms with Crippen molar-refractivity contribution in [2.24, 2.45) is 0 Å². The molecule has 0 amide bonds. The van der Waals surface area contributed by atoms with Gasteiger partial charge in [-0.15, -0.1) is 0 Å². The van der Waals surface area contributed by atoms with Crippen molar-refractivity contribution >= 4 is 11.0 Å². The maximum Gasteiger partial charge on any atom is 0.262 e. The zero-order valence-corrected chi connectivity index (χ0v) is 13.9. The van der Waals surface area contributed by atoms with E-state index in [0.29, 0.717) is 23.4 Å². The fourth-order valence-electron chi connectivity index (χ4n) is 3.46. The summed E-state index contributed by atoms with van der Waals surface area (Å²) >= 11 is 0. The number of nitrogens with zero attached hydrogens (tertiary/aromatic N) is 4. The van der Waals surface area contributed by atoms with Crippen molar-refractivity contribution in [3.63, 3.8) is 0 Å². The van der Waals surface area contributed by atoms with E-state index in [9.17, 15) is 9.90 Å². The summed E-state index contributed by atoms with van der Waals surface area (Å²) in [5, 5.41) is 14.4. The summed E-state index contributed by atoms with van der Waals surface area (Å²) in [5.74, 6) is 0.607. The molecule has 3 heterocycles. The molecule has 0 spiro atoms. The predicted molar refractivity (Wildman–Crippen MR) is 94.6 cm³/mol. The minimum absolute atomic E-state index is 0.133. The van der Waals surface area contributed by atoms with Crippen molar-refractivity contribution < 1.29 is 5.11 Å². The number of aromatic amines is 1. The highest BCUT2D eigenvalue weighted by atomic mass is 16.3. The number of para-hydroxylation sites is 1. The summed E-state index contributed by atoms with van der Waals surface area (Å²) in [6.07, 6.45) is 4.76. The van der Waals surface area contributed by atoms with Gasteiger partial charge in [-0.1, -0.05) is 24.6 Å². The summed E-state index contributed by atoms with van der Waals surface area (Å²) < 4.78 is 1.69. The van der Waals surface area contributed by atoms with E-state index in [0.717, 1.165) is 31.5 Å². The Bertz CT molecular complexity index is 918. The van der Waals surface area contributed by atoms with Crippen LogP contribution in [0.15, 0.2) is 41.3 Å². The lowest BCUT2D eigenvalue weighted by Crippen LogP contribution is -2.41. The van der Waals surface area contributed by atoms with Gasteiger partial charge in [-0.25, -0.2) is 9.67 Å². The maximum atomic E-state index is 12.4. The third-order valence-corrected chi connectivity index (χ3v) is 4.80. The lowest BCUT2D eigenvalue weighted by atomic mass is 10.0.